The number of rotatable bonds is 9. The van der Waals surface area contributed by atoms with E-state index in [0.29, 0.717) is 60.0 Å². The van der Waals surface area contributed by atoms with Crippen LogP contribution in [0.1, 0.15) is 61.6 Å². The molecule has 1 atom stereocenters. The molecule has 5 heterocycles. The number of carbonyl (C=O) groups is 1. The highest BCUT2D eigenvalue weighted by atomic mass is 19.1. The van der Waals surface area contributed by atoms with Gasteiger partial charge in [-0.1, -0.05) is 6.07 Å². The average molecular weight is 603 g/mol. The molecule has 0 aromatic carbocycles. The quantitative estimate of drug-likeness (QED) is 0.216. The number of ether oxygens (including phenoxy) is 1. The number of hydrogen-bond acceptors (Lipinski definition) is 9. The van der Waals surface area contributed by atoms with Crippen LogP contribution in [0, 0.1) is 12.7 Å². The Morgan fingerprint density at radius 2 is 1.96 bits per heavy atom. The maximum Gasteiger partial charge on any atom is 0.252 e. The maximum atomic E-state index is 13.6. The molecule has 5 aromatic heterocycles. The van der Waals surface area contributed by atoms with E-state index < -0.39 is 16.7 Å². The summed E-state index contributed by atoms with van der Waals surface area (Å²) < 4.78 is 21.8. The zero-order valence-electron chi connectivity index (χ0n) is 25.0. The number of aromatic amines is 1. The van der Waals surface area contributed by atoms with Gasteiger partial charge in [-0.3, -0.25) is 14.6 Å². The lowest BCUT2D eigenvalue weighted by Gasteiger charge is -2.38. The topological polar surface area (TPSA) is 153 Å². The van der Waals surface area contributed by atoms with Crippen molar-refractivity contribution < 1.29 is 13.9 Å². The Morgan fingerprint density at radius 3 is 2.56 bits per heavy atom. The minimum absolute atomic E-state index is 0.0979. The van der Waals surface area contributed by atoms with Gasteiger partial charge in [-0.25, -0.2) is 24.0 Å². The van der Waals surface area contributed by atoms with Crippen LogP contribution in [0.25, 0.3) is 16.9 Å². The Kier molecular flexibility index (Phi) is 7.97. The highest BCUT2D eigenvalue weighted by Gasteiger charge is 2.43. The van der Waals surface area contributed by atoms with E-state index in [2.05, 4.69) is 36.0 Å². The predicted octanol–water partition coefficient (Wildman–Crippen LogP) is 2.31. The average Bonchev–Trinajstić information content (AvgIpc) is 3.76. The summed E-state index contributed by atoms with van der Waals surface area (Å²) >= 11 is 0. The Bertz CT molecular complexity index is 1830. The number of halogens is 1. The van der Waals surface area contributed by atoms with E-state index in [1.165, 1.54) is 15.6 Å². The van der Waals surface area contributed by atoms with E-state index in [1.54, 1.807) is 25.6 Å². The van der Waals surface area contributed by atoms with Crippen molar-refractivity contribution in [1.29, 1.82) is 0 Å². The second kappa shape index (κ2) is 11.8. The molecule has 1 fully saturated rings. The van der Waals surface area contributed by atoms with E-state index in [9.17, 15) is 9.18 Å². The van der Waals surface area contributed by atoms with E-state index in [-0.39, 0.29) is 17.9 Å². The fraction of sp³-hybridized carbons (Fsp3) is 0.393. The molecule has 1 aliphatic carbocycles. The minimum atomic E-state index is -1.78. The van der Waals surface area contributed by atoms with Crippen LogP contribution in [0.2, 0.25) is 0 Å². The van der Waals surface area contributed by atoms with Crippen molar-refractivity contribution in [2.45, 2.75) is 62.3 Å². The summed E-state index contributed by atoms with van der Waals surface area (Å²) in [5, 5.41) is 20.4. The van der Waals surface area contributed by atoms with Crippen LogP contribution in [0.3, 0.4) is 0 Å². The van der Waals surface area contributed by atoms with Gasteiger partial charge in [0.25, 0.3) is 5.91 Å². The summed E-state index contributed by atoms with van der Waals surface area (Å²) in [7, 11) is 19.5. The van der Waals surface area contributed by atoms with Crippen LogP contribution in [0.15, 0.2) is 43.0 Å². The van der Waals surface area contributed by atoms with Crippen molar-refractivity contribution in [2.75, 3.05) is 12.4 Å². The first-order valence-electron chi connectivity index (χ1n) is 14.4. The van der Waals surface area contributed by atoms with E-state index >= 15 is 0 Å². The van der Waals surface area contributed by atoms with Gasteiger partial charge in [-0.2, -0.15) is 15.3 Å². The lowest BCUT2D eigenvalue weighted by atomic mass is 9.49. The van der Waals surface area contributed by atoms with Gasteiger partial charge in [0.15, 0.2) is 23.1 Å². The maximum absolute atomic E-state index is 13.6. The molecule has 6 rings (SSSR count). The summed E-state index contributed by atoms with van der Waals surface area (Å²) in [6.07, 6.45) is 7.55. The number of aryl methyl sites for hydroxylation is 1. The number of H-pyrrole nitrogens is 1. The molecule has 224 valence electrons. The van der Waals surface area contributed by atoms with E-state index in [1.807, 2.05) is 26.0 Å². The van der Waals surface area contributed by atoms with E-state index in [4.69, 9.17) is 38.2 Å². The van der Waals surface area contributed by atoms with Crippen molar-refractivity contribution in [1.82, 2.24) is 50.0 Å². The number of carbonyl (C=O) groups excluding carboxylic acids is 1. The molecule has 6 radical (unpaired) electrons. The SMILES string of the molecule is [B]C([B])([B])n1ncc2c(Nc3cc(C)[nH]n3)nc(C3CCC(OC)(C(=O)N[C@@H](C)c4ccc(-n5cc(F)cn5)nc4)CC3)nc21. The molecule has 0 saturated heterocycles. The highest BCUT2D eigenvalue weighted by molar-refractivity contribution is 6.56. The van der Waals surface area contributed by atoms with Crippen LogP contribution in [-0.4, -0.2) is 86.9 Å². The van der Waals surface area contributed by atoms with Crippen LogP contribution in [0.4, 0.5) is 16.0 Å². The van der Waals surface area contributed by atoms with Crippen LogP contribution in [0.5, 0.6) is 0 Å². The smallest absolute Gasteiger partial charge is 0.252 e. The third-order valence-corrected chi connectivity index (χ3v) is 8.13. The molecule has 17 heteroatoms. The molecule has 0 aliphatic heterocycles. The van der Waals surface area contributed by atoms with Gasteiger partial charge in [0, 0.05) is 31.0 Å². The van der Waals surface area contributed by atoms with Crippen molar-refractivity contribution in [2.24, 2.45) is 0 Å². The molecule has 13 nitrogen and oxygen atoms in total. The van der Waals surface area contributed by atoms with Crippen molar-refractivity contribution in [3.8, 4) is 5.82 Å². The summed E-state index contributed by atoms with van der Waals surface area (Å²) in [6, 6.07) is 5.02. The molecule has 45 heavy (non-hydrogen) atoms. The summed E-state index contributed by atoms with van der Waals surface area (Å²) in [5.74, 6) is 1.26. The van der Waals surface area contributed by atoms with Gasteiger partial charge in [-0.05, 0) is 56.4 Å². The minimum Gasteiger partial charge on any atom is -0.368 e. The number of pyridine rings is 1. The Balaban J connectivity index is 1.19. The predicted molar refractivity (Wildman–Crippen MR) is 166 cm³/mol. The summed E-state index contributed by atoms with van der Waals surface area (Å²) in [4.78, 5) is 27.6. The normalized spacial score (nSPS) is 19.4. The lowest BCUT2D eigenvalue weighted by molar-refractivity contribution is -0.148. The number of nitrogens with zero attached hydrogens (tertiary/aromatic N) is 8. The van der Waals surface area contributed by atoms with Crippen molar-refractivity contribution >= 4 is 52.1 Å². The number of nitrogens with one attached hydrogen (secondary N) is 3. The number of aromatic nitrogens is 9. The van der Waals surface area contributed by atoms with E-state index in [0.717, 1.165) is 17.5 Å². The molecule has 3 N–H and O–H groups in total. The van der Waals surface area contributed by atoms with Gasteiger partial charge in [0.05, 0.1) is 53.6 Å². The molecular weight excluding hydrogens is 574 g/mol. The number of amides is 1. The van der Waals surface area contributed by atoms with Gasteiger partial charge in [0.2, 0.25) is 0 Å². The van der Waals surface area contributed by atoms with Gasteiger partial charge >= 0.3 is 0 Å². The molecule has 1 aliphatic rings. The van der Waals surface area contributed by atoms with Gasteiger partial charge < -0.3 is 15.4 Å². The Labute approximate surface area is 262 Å². The van der Waals surface area contributed by atoms with Crippen molar-refractivity contribution in [3.63, 3.8) is 0 Å². The Morgan fingerprint density at radius 1 is 1.18 bits per heavy atom. The van der Waals surface area contributed by atoms with Crippen LogP contribution >= 0.6 is 0 Å². The molecule has 0 bridgehead atoms. The molecule has 1 saturated carbocycles. The summed E-state index contributed by atoms with van der Waals surface area (Å²) in [5.41, 5.74) is 0.986. The Hall–Kier alpha value is -4.53. The largest absolute Gasteiger partial charge is 0.368 e. The molecule has 0 unspecified atom stereocenters. The van der Waals surface area contributed by atoms with Crippen molar-refractivity contribution in [3.05, 3.63) is 65.9 Å². The molecule has 1 amide bonds. The van der Waals surface area contributed by atoms with Gasteiger partial charge in [0.1, 0.15) is 17.2 Å². The highest BCUT2D eigenvalue weighted by Crippen LogP contribution is 2.40. The standard InChI is InChI=1S/C28H29B3FN11O2/c1-15-10-21(41-40-15)37-24-20-13-35-43(28(29,30)31)25(20)39-23(38-24)17-6-8-27(45-3,9-7-17)26(44)36-16(2)18-4-5-22(33-11-18)42-14-19(32)12-34-42/h4-5,10-14,16-17H,6-9H2,1-3H3,(H,36,44)(H2,37,38,39,40,41)/t16-,17?,27?/m0/s1. The monoisotopic (exact) mass is 603 g/mol. The first-order chi connectivity index (χ1) is 21.5. The summed E-state index contributed by atoms with van der Waals surface area (Å²) in [6.45, 7) is 3.76. The second-order valence-corrected chi connectivity index (χ2v) is 11.4. The fourth-order valence-corrected chi connectivity index (χ4v) is 5.58. The third-order valence-electron chi connectivity index (χ3n) is 8.13. The fourth-order valence-electron chi connectivity index (χ4n) is 5.58. The zero-order valence-corrected chi connectivity index (χ0v) is 25.0. The van der Waals surface area contributed by atoms with Gasteiger partial charge in [-0.15, -0.1) is 0 Å². The number of methoxy groups -OCH3 is 1. The second-order valence-electron chi connectivity index (χ2n) is 11.4. The first-order valence-corrected chi connectivity index (χ1v) is 14.4. The third kappa shape index (κ3) is 6.08. The number of anilines is 2. The molecular formula is C28H29B3FN11O2. The van der Waals surface area contributed by atoms with Crippen LogP contribution in [-0.2, 0) is 14.8 Å². The van der Waals surface area contributed by atoms with Crippen LogP contribution < -0.4 is 10.6 Å². The lowest BCUT2D eigenvalue weighted by Crippen LogP contribution is -2.50. The molecule has 5 aromatic rings. The first kappa shape index (κ1) is 30.5. The number of hydrogen-bond donors (Lipinski definition) is 3. The molecule has 0 spiro atoms. The number of fused-ring (bicyclic) bond motifs is 1. The zero-order chi connectivity index (χ0) is 31.9.